The Bertz CT molecular complexity index is 1330. The molecule has 0 spiro atoms. The third kappa shape index (κ3) is 5.58. The molecule has 2 N–H and O–H groups in total. The number of nitriles is 1. The minimum absolute atomic E-state index is 0.228. The number of anilines is 2. The van der Waals surface area contributed by atoms with Crippen LogP contribution in [0.1, 0.15) is 54.7 Å². The van der Waals surface area contributed by atoms with E-state index < -0.39 is 11.9 Å². The van der Waals surface area contributed by atoms with Crippen LogP contribution in [-0.2, 0) is 4.79 Å². The number of likely N-dealkylation sites (tertiary alicyclic amines) is 1. The molecule has 0 unspecified atom stereocenters. The van der Waals surface area contributed by atoms with Gasteiger partial charge in [-0.2, -0.15) is 10.4 Å². The van der Waals surface area contributed by atoms with Crippen molar-refractivity contribution < 1.29 is 9.59 Å². The first-order valence-electron chi connectivity index (χ1n) is 12.5. The number of hydrogen-bond acceptors (Lipinski definition) is 8. The summed E-state index contributed by atoms with van der Waals surface area (Å²) < 4.78 is 1.96. The maximum Gasteiger partial charge on any atom is 0.270 e. The summed E-state index contributed by atoms with van der Waals surface area (Å²) in [4.78, 5) is 39.8. The van der Waals surface area contributed by atoms with E-state index in [0.717, 1.165) is 55.6 Å². The first-order chi connectivity index (χ1) is 17.9. The van der Waals surface area contributed by atoms with Crippen LogP contribution >= 0.6 is 0 Å². The van der Waals surface area contributed by atoms with Crippen LogP contribution in [0.4, 0.5) is 11.6 Å². The number of aromatic nitrogens is 5. The molecule has 2 aliphatic rings. The summed E-state index contributed by atoms with van der Waals surface area (Å²) in [5.41, 5.74) is 3.32. The molecule has 0 bridgehead atoms. The highest BCUT2D eigenvalue weighted by atomic mass is 16.2. The summed E-state index contributed by atoms with van der Waals surface area (Å²) in [6.45, 7) is 5.07. The van der Waals surface area contributed by atoms with E-state index in [0.29, 0.717) is 17.5 Å². The van der Waals surface area contributed by atoms with Crippen LogP contribution < -0.4 is 10.6 Å². The fraction of sp³-hybridized carbons (Fsp3) is 0.423. The van der Waals surface area contributed by atoms with Gasteiger partial charge in [0.15, 0.2) is 0 Å². The van der Waals surface area contributed by atoms with Gasteiger partial charge >= 0.3 is 0 Å². The Balaban J connectivity index is 1.23. The minimum Gasteiger partial charge on any atom is -0.342 e. The van der Waals surface area contributed by atoms with Crippen molar-refractivity contribution in [2.75, 3.05) is 18.4 Å². The monoisotopic (exact) mass is 499 g/mol. The predicted molar refractivity (Wildman–Crippen MR) is 136 cm³/mol. The fourth-order valence-electron chi connectivity index (χ4n) is 4.44. The van der Waals surface area contributed by atoms with Crippen LogP contribution in [0.2, 0.25) is 0 Å². The Morgan fingerprint density at radius 2 is 1.89 bits per heavy atom. The lowest BCUT2D eigenvalue weighted by Gasteiger charge is -2.32. The van der Waals surface area contributed by atoms with Crippen molar-refractivity contribution in [2.24, 2.45) is 5.92 Å². The zero-order chi connectivity index (χ0) is 25.9. The van der Waals surface area contributed by atoms with Crippen molar-refractivity contribution in [3.63, 3.8) is 0 Å². The van der Waals surface area contributed by atoms with E-state index in [1.165, 1.54) is 0 Å². The molecule has 4 heterocycles. The van der Waals surface area contributed by atoms with Gasteiger partial charge in [-0.1, -0.05) is 0 Å². The van der Waals surface area contributed by atoms with Gasteiger partial charge in [0.25, 0.3) is 5.91 Å². The van der Waals surface area contributed by atoms with Crippen LogP contribution in [0.15, 0.2) is 36.9 Å². The number of rotatable bonds is 7. The van der Waals surface area contributed by atoms with Gasteiger partial charge in [-0.25, -0.2) is 9.97 Å². The van der Waals surface area contributed by atoms with Crippen molar-refractivity contribution in [1.82, 2.24) is 34.9 Å². The highest BCUT2D eigenvalue weighted by Gasteiger charge is 2.35. The molecule has 2 fully saturated rings. The summed E-state index contributed by atoms with van der Waals surface area (Å²) in [5, 5.41) is 19.2. The normalized spacial score (nSPS) is 16.6. The molecule has 5 rings (SSSR count). The average molecular weight is 500 g/mol. The lowest BCUT2D eigenvalue weighted by Crippen LogP contribution is -2.39. The van der Waals surface area contributed by atoms with Crippen molar-refractivity contribution in [3.05, 3.63) is 48.2 Å². The summed E-state index contributed by atoms with van der Waals surface area (Å²) in [5.74, 6) is 0.604. The Hall–Kier alpha value is -4.33. The SMILES string of the molecule is Cc1cnc(Nc2cnn(C3CCN(C(=O)C4CC4)CC3)c2)nc1-c1ccc(C(=O)N[C@@H](C)C#N)nc1. The second kappa shape index (κ2) is 10.3. The van der Waals surface area contributed by atoms with Gasteiger partial charge < -0.3 is 15.5 Å². The first-order valence-corrected chi connectivity index (χ1v) is 12.5. The molecule has 1 aliphatic carbocycles. The van der Waals surface area contributed by atoms with Crippen LogP contribution in [0.25, 0.3) is 11.3 Å². The molecule has 11 heteroatoms. The van der Waals surface area contributed by atoms with E-state index in [4.69, 9.17) is 5.26 Å². The van der Waals surface area contributed by atoms with Crippen molar-refractivity contribution >= 4 is 23.5 Å². The summed E-state index contributed by atoms with van der Waals surface area (Å²) in [7, 11) is 0. The maximum atomic E-state index is 12.3. The summed E-state index contributed by atoms with van der Waals surface area (Å²) in [6, 6.07) is 5.01. The van der Waals surface area contributed by atoms with E-state index in [2.05, 4.69) is 30.7 Å². The van der Waals surface area contributed by atoms with Crippen LogP contribution in [0.5, 0.6) is 0 Å². The standard InChI is InChI=1S/C26H29N9O2/c1-16-12-29-26(33-23(16)19-5-6-22(28-13-19)24(36)31-17(2)11-27)32-20-14-30-35(15-20)21-7-9-34(10-8-21)25(37)18-3-4-18/h5-6,12-15,17-18,21H,3-4,7-10H2,1-2H3,(H,31,36)(H,29,32,33)/t17-/m0/s1. The van der Waals surface area contributed by atoms with E-state index in [9.17, 15) is 9.59 Å². The molecule has 3 aromatic heterocycles. The smallest absolute Gasteiger partial charge is 0.270 e. The van der Waals surface area contributed by atoms with Crippen LogP contribution in [0, 0.1) is 24.2 Å². The Labute approximate surface area is 214 Å². The quantitative estimate of drug-likeness (QED) is 0.505. The van der Waals surface area contributed by atoms with Gasteiger partial charge in [-0.05, 0) is 57.2 Å². The van der Waals surface area contributed by atoms with E-state index in [1.54, 1.807) is 37.6 Å². The second-order valence-electron chi connectivity index (χ2n) is 9.65. The molecular weight excluding hydrogens is 470 g/mol. The molecule has 0 aromatic carbocycles. The van der Waals surface area contributed by atoms with Crippen molar-refractivity contribution in [2.45, 2.75) is 51.6 Å². The third-order valence-corrected chi connectivity index (χ3v) is 6.72. The number of carbonyl (C=O) groups excluding carboxylic acids is 2. The van der Waals surface area contributed by atoms with Crippen LogP contribution in [-0.4, -0.2) is 60.6 Å². The predicted octanol–water partition coefficient (Wildman–Crippen LogP) is 3.00. The zero-order valence-electron chi connectivity index (χ0n) is 20.9. The molecule has 37 heavy (non-hydrogen) atoms. The highest BCUT2D eigenvalue weighted by Crippen LogP contribution is 2.33. The third-order valence-electron chi connectivity index (χ3n) is 6.72. The Kier molecular flexibility index (Phi) is 6.81. The number of nitrogens with zero attached hydrogens (tertiary/aromatic N) is 7. The van der Waals surface area contributed by atoms with Gasteiger partial charge in [0.05, 0.1) is 29.7 Å². The van der Waals surface area contributed by atoms with E-state index >= 15 is 0 Å². The maximum absolute atomic E-state index is 12.3. The van der Waals surface area contributed by atoms with Crippen LogP contribution in [0.3, 0.4) is 0 Å². The Morgan fingerprint density at radius 3 is 2.57 bits per heavy atom. The number of piperidine rings is 1. The van der Waals surface area contributed by atoms with Gasteiger partial charge in [0.2, 0.25) is 11.9 Å². The van der Waals surface area contributed by atoms with Crippen molar-refractivity contribution in [3.8, 4) is 17.3 Å². The molecule has 11 nitrogen and oxygen atoms in total. The lowest BCUT2D eigenvalue weighted by atomic mass is 10.0. The fourth-order valence-corrected chi connectivity index (χ4v) is 4.44. The molecule has 0 radical (unpaired) electrons. The molecule has 1 saturated heterocycles. The largest absolute Gasteiger partial charge is 0.342 e. The molecule has 1 saturated carbocycles. The molecule has 1 aliphatic heterocycles. The molecule has 190 valence electrons. The molecular formula is C26H29N9O2. The van der Waals surface area contributed by atoms with E-state index in [1.807, 2.05) is 28.8 Å². The Morgan fingerprint density at radius 1 is 1.11 bits per heavy atom. The van der Waals surface area contributed by atoms with Gasteiger partial charge in [0.1, 0.15) is 11.7 Å². The molecule has 3 aromatic rings. The summed E-state index contributed by atoms with van der Waals surface area (Å²) >= 11 is 0. The number of aryl methyl sites for hydroxylation is 1. The number of amides is 2. The zero-order valence-corrected chi connectivity index (χ0v) is 20.9. The number of nitrogens with one attached hydrogen (secondary N) is 2. The molecule has 1 atom stereocenters. The summed E-state index contributed by atoms with van der Waals surface area (Å²) in [6.07, 6.45) is 10.9. The highest BCUT2D eigenvalue weighted by molar-refractivity contribution is 5.93. The van der Waals surface area contributed by atoms with Gasteiger partial charge in [-0.15, -0.1) is 0 Å². The average Bonchev–Trinajstić information content (AvgIpc) is 3.67. The number of hydrogen-bond donors (Lipinski definition) is 2. The van der Waals surface area contributed by atoms with Gasteiger partial charge in [-0.3, -0.25) is 19.3 Å². The first kappa shape index (κ1) is 24.4. The lowest BCUT2D eigenvalue weighted by molar-refractivity contribution is -0.133. The number of pyridine rings is 1. The minimum atomic E-state index is -0.597. The number of carbonyl (C=O) groups is 2. The second-order valence-corrected chi connectivity index (χ2v) is 9.65. The molecule has 2 amide bonds. The topological polar surface area (TPSA) is 142 Å². The van der Waals surface area contributed by atoms with Gasteiger partial charge in [0, 0.05) is 43.2 Å². The van der Waals surface area contributed by atoms with Crippen molar-refractivity contribution in [1.29, 1.82) is 5.26 Å². The van der Waals surface area contributed by atoms with E-state index in [-0.39, 0.29) is 17.7 Å².